The van der Waals surface area contributed by atoms with Gasteiger partial charge in [0.1, 0.15) is 17.1 Å². The zero-order chi connectivity index (χ0) is 23.9. The van der Waals surface area contributed by atoms with Crippen LogP contribution in [0.3, 0.4) is 0 Å². The second kappa shape index (κ2) is 6.89. The lowest BCUT2D eigenvalue weighted by molar-refractivity contribution is -0.170. The van der Waals surface area contributed by atoms with Crippen LogP contribution in [0.2, 0.25) is 0 Å². The SMILES string of the molecule is C[C@H]1c2cccc(O)c2C(O)=C2C(=O)[C@]3(O)C(O)=C(C(=O)O)C(=O)[C@@H](N(C)C)[C@@H]3[C@@H](O)[C@@H]21. The lowest BCUT2D eigenvalue weighted by Gasteiger charge is -2.53. The summed E-state index contributed by atoms with van der Waals surface area (Å²) >= 11 is 0. The summed E-state index contributed by atoms with van der Waals surface area (Å²) in [6, 6.07) is 3.00. The maximum atomic E-state index is 13.6. The summed E-state index contributed by atoms with van der Waals surface area (Å²) < 4.78 is 0. The van der Waals surface area contributed by atoms with E-state index in [0.29, 0.717) is 5.56 Å². The number of aliphatic hydroxyl groups excluding tert-OH is 3. The molecule has 1 aromatic carbocycles. The van der Waals surface area contributed by atoms with Gasteiger partial charge in [-0.15, -0.1) is 0 Å². The predicted molar refractivity (Wildman–Crippen MR) is 109 cm³/mol. The van der Waals surface area contributed by atoms with E-state index in [9.17, 15) is 45.0 Å². The molecular formula is C22H23NO9. The molecule has 0 aliphatic heterocycles. The smallest absolute Gasteiger partial charge is 0.342 e. The van der Waals surface area contributed by atoms with Gasteiger partial charge in [0.25, 0.3) is 0 Å². The highest BCUT2D eigenvalue weighted by molar-refractivity contribution is 6.23. The third-order valence-electron chi connectivity index (χ3n) is 6.96. The quantitative estimate of drug-likeness (QED) is 0.342. The monoisotopic (exact) mass is 445 g/mol. The Kier molecular flexibility index (Phi) is 4.74. The molecule has 3 aliphatic carbocycles. The molecule has 0 aromatic heterocycles. The van der Waals surface area contributed by atoms with E-state index in [1.54, 1.807) is 13.0 Å². The van der Waals surface area contributed by atoms with Crippen LogP contribution in [-0.4, -0.2) is 84.9 Å². The lowest BCUT2D eigenvalue weighted by Crippen LogP contribution is -2.70. The highest BCUT2D eigenvalue weighted by atomic mass is 16.4. The van der Waals surface area contributed by atoms with Crippen LogP contribution in [0.4, 0.5) is 0 Å². The van der Waals surface area contributed by atoms with Crippen molar-refractivity contribution in [2.24, 2.45) is 11.8 Å². The van der Waals surface area contributed by atoms with E-state index in [1.165, 1.54) is 31.1 Å². The number of hydrogen-bond donors (Lipinski definition) is 6. The molecule has 1 saturated carbocycles. The Bertz CT molecular complexity index is 1130. The number of hydrogen-bond acceptors (Lipinski definition) is 9. The minimum Gasteiger partial charge on any atom is -0.508 e. The van der Waals surface area contributed by atoms with Crippen LogP contribution >= 0.6 is 0 Å². The summed E-state index contributed by atoms with van der Waals surface area (Å²) in [5, 5.41) is 64.2. The Labute approximate surface area is 182 Å². The van der Waals surface area contributed by atoms with E-state index < -0.39 is 75.7 Å². The minimum atomic E-state index is -2.97. The molecule has 3 aliphatic rings. The minimum absolute atomic E-state index is 0.0492. The molecule has 1 aromatic rings. The van der Waals surface area contributed by atoms with Crippen molar-refractivity contribution >= 4 is 23.3 Å². The number of benzene rings is 1. The van der Waals surface area contributed by atoms with Crippen LogP contribution in [-0.2, 0) is 14.4 Å². The van der Waals surface area contributed by atoms with Gasteiger partial charge in [0.15, 0.2) is 17.1 Å². The summed E-state index contributed by atoms with van der Waals surface area (Å²) in [4.78, 5) is 39.6. The molecule has 0 saturated heterocycles. The molecule has 4 rings (SSSR count). The first-order valence-electron chi connectivity index (χ1n) is 9.95. The van der Waals surface area contributed by atoms with Crippen LogP contribution < -0.4 is 0 Å². The van der Waals surface area contributed by atoms with Crippen LogP contribution in [0, 0.1) is 11.8 Å². The molecule has 10 heteroatoms. The molecule has 6 N–H and O–H groups in total. The average Bonchev–Trinajstić information content (AvgIpc) is 2.70. The lowest BCUT2D eigenvalue weighted by atomic mass is 9.54. The van der Waals surface area contributed by atoms with Crippen LogP contribution in [0.25, 0.3) is 5.76 Å². The van der Waals surface area contributed by atoms with Gasteiger partial charge in [0.05, 0.1) is 23.6 Å². The molecule has 0 amide bonds. The number of Topliss-reactive ketones (excluding diaryl/α,β-unsaturated/α-hetero) is 2. The normalized spacial score (nSPS) is 34.4. The summed E-state index contributed by atoms with van der Waals surface area (Å²) in [6.07, 6.45) is -1.63. The Morgan fingerprint density at radius 2 is 1.75 bits per heavy atom. The summed E-state index contributed by atoms with van der Waals surface area (Å²) in [6.45, 7) is 1.66. The van der Waals surface area contributed by atoms with E-state index >= 15 is 0 Å². The van der Waals surface area contributed by atoms with Crippen molar-refractivity contribution in [2.45, 2.75) is 30.6 Å². The third kappa shape index (κ3) is 2.48. The Morgan fingerprint density at radius 3 is 2.31 bits per heavy atom. The summed E-state index contributed by atoms with van der Waals surface area (Å²) in [5.41, 5.74) is -4.18. The fourth-order valence-corrected chi connectivity index (χ4v) is 5.54. The van der Waals surface area contributed by atoms with Gasteiger partial charge >= 0.3 is 5.97 Å². The van der Waals surface area contributed by atoms with Gasteiger partial charge in [-0.1, -0.05) is 19.1 Å². The number of aliphatic hydroxyl groups is 4. The van der Waals surface area contributed by atoms with Crippen molar-refractivity contribution in [1.29, 1.82) is 0 Å². The maximum absolute atomic E-state index is 13.6. The van der Waals surface area contributed by atoms with E-state index in [4.69, 9.17) is 0 Å². The van der Waals surface area contributed by atoms with Crippen molar-refractivity contribution in [2.75, 3.05) is 14.1 Å². The van der Waals surface area contributed by atoms with E-state index in [-0.39, 0.29) is 11.3 Å². The predicted octanol–water partition coefficient (Wildman–Crippen LogP) is 0.0951. The number of likely N-dealkylation sites (N-methyl/N-ethyl adjacent to an activating group) is 1. The van der Waals surface area contributed by atoms with Crippen molar-refractivity contribution in [3.63, 3.8) is 0 Å². The third-order valence-corrected chi connectivity index (χ3v) is 6.96. The fourth-order valence-electron chi connectivity index (χ4n) is 5.54. The Morgan fingerprint density at radius 1 is 1.12 bits per heavy atom. The number of phenolic OH excluding ortho intramolecular Hbond substituents is 1. The Hall–Kier alpha value is -3.21. The number of phenols is 1. The van der Waals surface area contributed by atoms with Gasteiger partial charge in [-0.25, -0.2) is 4.79 Å². The number of ketones is 2. The maximum Gasteiger partial charge on any atom is 0.342 e. The van der Waals surface area contributed by atoms with Gasteiger partial charge in [-0.2, -0.15) is 0 Å². The number of rotatable bonds is 2. The molecule has 1 fully saturated rings. The van der Waals surface area contributed by atoms with Crippen molar-refractivity contribution in [3.8, 4) is 5.75 Å². The molecule has 0 radical (unpaired) electrons. The summed E-state index contributed by atoms with van der Waals surface area (Å²) in [7, 11) is 2.84. The molecule has 0 unspecified atom stereocenters. The molecule has 0 bridgehead atoms. The van der Waals surface area contributed by atoms with Gasteiger partial charge in [0.2, 0.25) is 5.78 Å². The summed E-state index contributed by atoms with van der Waals surface area (Å²) in [5.74, 6) is -9.83. The van der Waals surface area contributed by atoms with Crippen LogP contribution in [0.15, 0.2) is 35.1 Å². The first-order valence-corrected chi connectivity index (χ1v) is 9.95. The largest absolute Gasteiger partial charge is 0.508 e. The van der Waals surface area contributed by atoms with Gasteiger partial charge in [-0.05, 0) is 31.6 Å². The molecule has 170 valence electrons. The highest BCUT2D eigenvalue weighted by Crippen LogP contribution is 2.55. The van der Waals surface area contributed by atoms with Gasteiger partial charge in [-0.3, -0.25) is 14.5 Å². The second-order valence-corrected chi connectivity index (χ2v) is 8.73. The van der Waals surface area contributed by atoms with Crippen LogP contribution in [0.1, 0.15) is 24.0 Å². The number of aliphatic carboxylic acids is 1. The topological polar surface area (TPSA) is 176 Å². The molecule has 6 atom stereocenters. The molecular weight excluding hydrogens is 422 g/mol. The highest BCUT2D eigenvalue weighted by Gasteiger charge is 2.68. The van der Waals surface area contributed by atoms with E-state index in [1.807, 2.05) is 0 Å². The van der Waals surface area contributed by atoms with Crippen molar-refractivity contribution in [3.05, 3.63) is 46.2 Å². The number of carboxylic acid groups (broad SMARTS) is 1. The number of fused-ring (bicyclic) bond motifs is 3. The van der Waals surface area contributed by atoms with Crippen molar-refractivity contribution < 1.29 is 45.0 Å². The van der Waals surface area contributed by atoms with Crippen molar-refractivity contribution in [1.82, 2.24) is 4.90 Å². The average molecular weight is 445 g/mol. The number of carbonyl (C=O) groups excluding carboxylic acids is 2. The van der Waals surface area contributed by atoms with Crippen LogP contribution in [0.5, 0.6) is 5.75 Å². The molecule has 32 heavy (non-hydrogen) atoms. The standard InChI is InChI=1S/C22H23NO9/c1-7-8-5-4-6-9(24)11(8)16(25)12-10(7)17(26)14-15(23(2)3)18(27)13(21(30)31)20(29)22(14,32)19(12)28/h4-7,10,14-15,17,24-26,29,32H,1-3H3,(H,30,31)/t7-,10+,14+,15-,17-,22-/m0/s1. The molecule has 0 spiro atoms. The van der Waals surface area contributed by atoms with Gasteiger partial charge < -0.3 is 30.6 Å². The van der Waals surface area contributed by atoms with E-state index in [0.717, 1.165) is 0 Å². The fraction of sp³-hybridized carbons (Fsp3) is 0.409. The number of carboxylic acids is 1. The first-order chi connectivity index (χ1) is 14.9. The molecule has 0 heterocycles. The Balaban J connectivity index is 2.07. The van der Waals surface area contributed by atoms with E-state index in [2.05, 4.69) is 0 Å². The van der Waals surface area contributed by atoms with Gasteiger partial charge in [0, 0.05) is 11.5 Å². The number of aromatic hydroxyl groups is 1. The number of carbonyl (C=O) groups is 3. The second-order valence-electron chi connectivity index (χ2n) is 8.73. The molecule has 10 nitrogen and oxygen atoms in total. The number of nitrogens with zero attached hydrogens (tertiary/aromatic N) is 1. The zero-order valence-corrected chi connectivity index (χ0v) is 17.5. The first kappa shape index (κ1) is 22.0. The zero-order valence-electron chi connectivity index (χ0n) is 17.5.